The molecule has 0 aliphatic carbocycles. The molecule has 0 fully saturated rings. The molecule has 0 spiro atoms. The van der Waals surface area contributed by atoms with Crippen LogP contribution in [0.4, 0.5) is 4.79 Å². The van der Waals surface area contributed by atoms with Crippen molar-refractivity contribution >= 4 is 18.0 Å². The van der Waals surface area contributed by atoms with Crippen molar-refractivity contribution in [1.82, 2.24) is 5.32 Å². The second-order valence-electron chi connectivity index (χ2n) is 4.10. The molecule has 7 heteroatoms. The zero-order valence-corrected chi connectivity index (χ0v) is 11.4. The Morgan fingerprint density at radius 2 is 1.76 bits per heavy atom. The number of carbonyl (C=O) groups is 3. The molecule has 0 aliphatic heterocycles. The average Bonchev–Trinajstić information content (AvgIpc) is 2.48. The number of alkyl carbamates (subject to hydrolysis) is 1. The zero-order chi connectivity index (χ0) is 15.5. The minimum Gasteiger partial charge on any atom is -0.481 e. The minimum absolute atomic E-state index is 0.0289. The van der Waals surface area contributed by atoms with Crippen molar-refractivity contribution in [3.05, 3.63) is 35.9 Å². The Kier molecular flexibility index (Phi) is 7.34. The minimum atomic E-state index is -1.06. The number of aliphatic carboxylic acids is 1. The number of carbonyl (C=O) groups excluding carboxylic acids is 2. The van der Waals surface area contributed by atoms with Crippen LogP contribution in [-0.4, -0.2) is 36.3 Å². The topological polar surface area (TPSA) is 102 Å². The van der Waals surface area contributed by atoms with Gasteiger partial charge in [-0.15, -0.1) is 0 Å². The summed E-state index contributed by atoms with van der Waals surface area (Å²) in [6.45, 7) is 0.233. The van der Waals surface area contributed by atoms with Gasteiger partial charge < -0.3 is 19.9 Å². The molecule has 0 saturated heterocycles. The van der Waals surface area contributed by atoms with E-state index in [2.05, 4.69) is 5.32 Å². The molecule has 0 aromatic heterocycles. The van der Waals surface area contributed by atoms with Crippen molar-refractivity contribution in [2.24, 2.45) is 0 Å². The van der Waals surface area contributed by atoms with Gasteiger partial charge in [-0.05, 0) is 5.56 Å². The Balaban J connectivity index is 2.05. The third-order valence-electron chi connectivity index (χ3n) is 2.39. The lowest BCUT2D eigenvalue weighted by molar-refractivity contribution is -0.147. The van der Waals surface area contributed by atoms with Crippen LogP contribution in [0.3, 0.4) is 0 Å². The van der Waals surface area contributed by atoms with Crippen LogP contribution in [0.5, 0.6) is 0 Å². The molecule has 1 amide bonds. The molecule has 1 aromatic rings. The summed E-state index contributed by atoms with van der Waals surface area (Å²) in [6, 6.07) is 9.21. The Morgan fingerprint density at radius 3 is 2.43 bits per heavy atom. The first kappa shape index (κ1) is 16.5. The van der Waals surface area contributed by atoms with E-state index in [1.165, 1.54) is 0 Å². The summed E-state index contributed by atoms with van der Waals surface area (Å²) in [5.74, 6) is -1.67. The molecule has 0 radical (unpaired) electrons. The lowest BCUT2D eigenvalue weighted by Crippen LogP contribution is -2.28. The van der Waals surface area contributed by atoms with Crippen molar-refractivity contribution in [3.63, 3.8) is 0 Å². The van der Waals surface area contributed by atoms with E-state index >= 15 is 0 Å². The summed E-state index contributed by atoms with van der Waals surface area (Å²) in [5, 5.41) is 10.8. The van der Waals surface area contributed by atoms with E-state index in [-0.39, 0.29) is 32.6 Å². The number of ether oxygens (including phenoxy) is 2. The molecular weight excluding hydrogens is 278 g/mol. The summed E-state index contributed by atoms with van der Waals surface area (Å²) in [4.78, 5) is 32.6. The molecule has 0 atom stereocenters. The fraction of sp³-hybridized carbons (Fsp3) is 0.357. The summed E-state index contributed by atoms with van der Waals surface area (Å²) >= 11 is 0. The Bertz CT molecular complexity index is 474. The maximum Gasteiger partial charge on any atom is 0.407 e. The summed E-state index contributed by atoms with van der Waals surface area (Å²) < 4.78 is 9.68. The molecule has 0 unspecified atom stereocenters. The third kappa shape index (κ3) is 8.25. The van der Waals surface area contributed by atoms with Gasteiger partial charge in [-0.2, -0.15) is 0 Å². The third-order valence-corrected chi connectivity index (χ3v) is 2.39. The van der Waals surface area contributed by atoms with Crippen LogP contribution in [0.25, 0.3) is 0 Å². The van der Waals surface area contributed by atoms with E-state index in [4.69, 9.17) is 14.6 Å². The van der Waals surface area contributed by atoms with Gasteiger partial charge >= 0.3 is 18.0 Å². The Hall–Kier alpha value is -2.57. The summed E-state index contributed by atoms with van der Waals surface area (Å²) in [6.07, 6.45) is -1.07. The molecule has 0 saturated carbocycles. The SMILES string of the molecule is O=C(O)CCC(=O)OCCNC(=O)OCc1ccccc1. The highest BCUT2D eigenvalue weighted by Crippen LogP contribution is 2.00. The largest absolute Gasteiger partial charge is 0.481 e. The smallest absolute Gasteiger partial charge is 0.407 e. The van der Waals surface area contributed by atoms with Crippen LogP contribution in [-0.2, 0) is 25.7 Å². The van der Waals surface area contributed by atoms with Gasteiger partial charge in [0.1, 0.15) is 13.2 Å². The van der Waals surface area contributed by atoms with Crippen molar-refractivity contribution in [3.8, 4) is 0 Å². The molecular formula is C14H17NO6. The van der Waals surface area contributed by atoms with Gasteiger partial charge in [0.25, 0.3) is 0 Å². The number of benzene rings is 1. The Labute approximate surface area is 121 Å². The molecule has 0 bridgehead atoms. The van der Waals surface area contributed by atoms with Gasteiger partial charge in [0, 0.05) is 0 Å². The Morgan fingerprint density at radius 1 is 1.05 bits per heavy atom. The second-order valence-corrected chi connectivity index (χ2v) is 4.10. The van der Waals surface area contributed by atoms with Crippen LogP contribution in [0.15, 0.2) is 30.3 Å². The van der Waals surface area contributed by atoms with Crippen LogP contribution < -0.4 is 5.32 Å². The lowest BCUT2D eigenvalue weighted by atomic mass is 10.2. The highest BCUT2D eigenvalue weighted by molar-refractivity contribution is 5.76. The molecule has 1 aromatic carbocycles. The number of esters is 1. The standard InChI is InChI=1S/C14H17NO6/c16-12(17)6-7-13(18)20-9-8-15-14(19)21-10-11-4-2-1-3-5-11/h1-5H,6-10H2,(H,15,19)(H,16,17). The van der Waals surface area contributed by atoms with Crippen molar-refractivity contribution in [1.29, 1.82) is 0 Å². The highest BCUT2D eigenvalue weighted by atomic mass is 16.6. The number of carboxylic acid groups (broad SMARTS) is 1. The van der Waals surface area contributed by atoms with Crippen LogP contribution >= 0.6 is 0 Å². The van der Waals surface area contributed by atoms with Gasteiger partial charge in [-0.3, -0.25) is 9.59 Å². The van der Waals surface area contributed by atoms with Crippen molar-refractivity contribution in [2.45, 2.75) is 19.4 Å². The average molecular weight is 295 g/mol. The number of carboxylic acids is 1. The summed E-state index contributed by atoms with van der Waals surface area (Å²) in [7, 11) is 0. The molecule has 0 heterocycles. The van der Waals surface area contributed by atoms with Gasteiger partial charge in [-0.25, -0.2) is 4.79 Å². The predicted octanol–water partition coefficient (Wildman–Crippen LogP) is 1.32. The number of amides is 1. The molecule has 114 valence electrons. The molecule has 2 N–H and O–H groups in total. The fourth-order valence-corrected chi connectivity index (χ4v) is 1.37. The zero-order valence-electron chi connectivity index (χ0n) is 11.4. The highest BCUT2D eigenvalue weighted by Gasteiger charge is 2.07. The molecule has 21 heavy (non-hydrogen) atoms. The van der Waals surface area contributed by atoms with Crippen molar-refractivity contribution in [2.75, 3.05) is 13.2 Å². The molecule has 7 nitrogen and oxygen atoms in total. The van der Waals surface area contributed by atoms with Gasteiger partial charge in [-0.1, -0.05) is 30.3 Å². The predicted molar refractivity (Wildman–Crippen MR) is 72.5 cm³/mol. The first-order valence-corrected chi connectivity index (χ1v) is 6.40. The maximum atomic E-state index is 11.3. The quantitative estimate of drug-likeness (QED) is 0.554. The lowest BCUT2D eigenvalue weighted by Gasteiger charge is -2.07. The number of nitrogens with one attached hydrogen (secondary N) is 1. The van der Waals surface area contributed by atoms with E-state index < -0.39 is 18.0 Å². The van der Waals surface area contributed by atoms with Crippen LogP contribution in [0.1, 0.15) is 18.4 Å². The number of hydrogen-bond acceptors (Lipinski definition) is 5. The van der Waals surface area contributed by atoms with Gasteiger partial charge in [0.15, 0.2) is 0 Å². The number of rotatable bonds is 8. The first-order chi connectivity index (χ1) is 10.1. The maximum absolute atomic E-state index is 11.3. The van der Waals surface area contributed by atoms with E-state index in [1.54, 1.807) is 0 Å². The van der Waals surface area contributed by atoms with E-state index in [0.717, 1.165) is 5.56 Å². The number of hydrogen-bond donors (Lipinski definition) is 2. The van der Waals surface area contributed by atoms with Gasteiger partial charge in [0.2, 0.25) is 0 Å². The summed E-state index contributed by atoms with van der Waals surface area (Å²) in [5.41, 5.74) is 0.868. The van der Waals surface area contributed by atoms with Crippen LogP contribution in [0, 0.1) is 0 Å². The normalized spacial score (nSPS) is 9.71. The monoisotopic (exact) mass is 295 g/mol. The second kappa shape index (κ2) is 9.35. The van der Waals surface area contributed by atoms with E-state index in [1.807, 2.05) is 30.3 Å². The van der Waals surface area contributed by atoms with E-state index in [0.29, 0.717) is 0 Å². The molecule has 0 aliphatic rings. The first-order valence-electron chi connectivity index (χ1n) is 6.40. The van der Waals surface area contributed by atoms with Crippen LogP contribution in [0.2, 0.25) is 0 Å². The fourth-order valence-electron chi connectivity index (χ4n) is 1.37. The van der Waals surface area contributed by atoms with E-state index in [9.17, 15) is 14.4 Å². The van der Waals surface area contributed by atoms with Gasteiger partial charge in [0.05, 0.1) is 19.4 Å². The van der Waals surface area contributed by atoms with Crippen molar-refractivity contribution < 1.29 is 29.0 Å². The molecule has 1 rings (SSSR count).